The van der Waals surface area contributed by atoms with E-state index in [0.717, 1.165) is 38.5 Å². The Labute approximate surface area is 228 Å². The van der Waals surface area contributed by atoms with E-state index in [9.17, 15) is 26.4 Å². The van der Waals surface area contributed by atoms with E-state index in [4.69, 9.17) is 10.2 Å². The Hall–Kier alpha value is -1.32. The van der Waals surface area contributed by atoms with Crippen LogP contribution in [0.1, 0.15) is 91.9 Å². The summed E-state index contributed by atoms with van der Waals surface area (Å²) in [5.74, 6) is -2.01. The lowest BCUT2D eigenvalue weighted by atomic mass is 10.1. The van der Waals surface area contributed by atoms with Crippen molar-refractivity contribution < 1.29 is 36.6 Å². The molecule has 0 amide bonds. The average molecular weight is 585 g/mol. The molecule has 0 aromatic carbocycles. The van der Waals surface area contributed by atoms with E-state index >= 15 is 0 Å². The first kappa shape index (κ1) is 34.7. The second-order valence-electron chi connectivity index (χ2n) is 11.0. The summed E-state index contributed by atoms with van der Waals surface area (Å²) in [6.45, 7) is 8.80. The minimum absolute atomic E-state index is 0.117. The van der Waals surface area contributed by atoms with Gasteiger partial charge in [-0.05, 0) is 63.5 Å². The SMILES string of the molecule is CC(C)CC(NS(=O)(=O)C1CCCCCN1)C(=O)O.CC(C)C[C@H](NS(=O)(=O)C1CCCCCN1)C(=O)O. The van der Waals surface area contributed by atoms with E-state index in [-0.39, 0.29) is 11.8 Å². The van der Waals surface area contributed by atoms with Gasteiger partial charge in [-0.15, -0.1) is 0 Å². The predicted molar refractivity (Wildman–Crippen MR) is 146 cm³/mol. The zero-order valence-electron chi connectivity index (χ0n) is 23.1. The molecule has 0 saturated carbocycles. The lowest BCUT2D eigenvalue weighted by Gasteiger charge is -2.21. The van der Waals surface area contributed by atoms with Crippen LogP contribution >= 0.6 is 0 Å². The molecule has 3 unspecified atom stereocenters. The van der Waals surface area contributed by atoms with Gasteiger partial charge in [0.05, 0.1) is 0 Å². The van der Waals surface area contributed by atoms with Gasteiger partial charge in [0, 0.05) is 0 Å². The molecule has 12 nitrogen and oxygen atoms in total. The van der Waals surface area contributed by atoms with E-state index in [1.54, 1.807) is 0 Å². The zero-order chi connectivity index (χ0) is 28.9. The third-order valence-corrected chi connectivity index (χ3v) is 9.93. The molecule has 2 rings (SSSR count). The molecule has 0 aromatic heterocycles. The number of nitrogens with one attached hydrogen (secondary N) is 4. The van der Waals surface area contributed by atoms with Crippen molar-refractivity contribution in [2.24, 2.45) is 11.8 Å². The molecular weight excluding hydrogens is 536 g/mol. The molecule has 0 spiro atoms. The van der Waals surface area contributed by atoms with Crippen molar-refractivity contribution >= 4 is 32.0 Å². The summed E-state index contributed by atoms with van der Waals surface area (Å²) in [5, 5.41) is 22.8. The molecule has 0 aliphatic carbocycles. The summed E-state index contributed by atoms with van der Waals surface area (Å²) in [6.07, 6.45) is 7.28. The predicted octanol–water partition coefficient (Wildman–Crippen LogP) is 1.79. The van der Waals surface area contributed by atoms with Gasteiger partial charge in [-0.3, -0.25) is 9.59 Å². The second-order valence-corrected chi connectivity index (χ2v) is 14.7. The largest absolute Gasteiger partial charge is 0.480 e. The number of rotatable bonds is 12. The van der Waals surface area contributed by atoms with Crippen LogP contribution in [0.25, 0.3) is 0 Å². The fraction of sp³-hybridized carbons (Fsp3) is 0.917. The standard InChI is InChI=1S/2C12H24N2O4S/c2*1-9(2)8-10(12(15)16)14-19(17,18)11-6-4-3-5-7-13-11/h2*9-11,13-14H,3-8H2,1-2H3,(H,15,16)/t10-,11?;/m0./s1. The molecule has 0 radical (unpaired) electrons. The van der Waals surface area contributed by atoms with Crippen molar-refractivity contribution in [3.8, 4) is 0 Å². The highest BCUT2D eigenvalue weighted by atomic mass is 32.2. The highest BCUT2D eigenvalue weighted by Crippen LogP contribution is 2.16. The average Bonchev–Trinajstić information content (AvgIpc) is 3.24. The van der Waals surface area contributed by atoms with Gasteiger partial charge in [0.1, 0.15) is 22.8 Å². The Morgan fingerprint density at radius 1 is 0.684 bits per heavy atom. The van der Waals surface area contributed by atoms with Crippen molar-refractivity contribution in [3.05, 3.63) is 0 Å². The van der Waals surface area contributed by atoms with Gasteiger partial charge in [0.25, 0.3) is 0 Å². The summed E-state index contributed by atoms with van der Waals surface area (Å²) in [7, 11) is -7.28. The highest BCUT2D eigenvalue weighted by molar-refractivity contribution is 7.90. The Morgan fingerprint density at radius 3 is 1.32 bits per heavy atom. The van der Waals surface area contributed by atoms with E-state index < -0.39 is 54.8 Å². The Balaban J connectivity index is 0.000000380. The van der Waals surface area contributed by atoms with Crippen LogP contribution in [0, 0.1) is 11.8 Å². The minimum atomic E-state index is -3.64. The fourth-order valence-corrected chi connectivity index (χ4v) is 7.57. The Kier molecular flexibility index (Phi) is 15.3. The van der Waals surface area contributed by atoms with Gasteiger partial charge in [0.15, 0.2) is 0 Å². The molecule has 2 fully saturated rings. The summed E-state index contributed by atoms with van der Waals surface area (Å²) in [4.78, 5) is 22.2. The van der Waals surface area contributed by atoms with Crippen LogP contribution in [-0.2, 0) is 29.6 Å². The molecule has 2 saturated heterocycles. The molecule has 2 aliphatic rings. The van der Waals surface area contributed by atoms with Gasteiger partial charge in [-0.2, -0.15) is 9.44 Å². The molecule has 0 bridgehead atoms. The lowest BCUT2D eigenvalue weighted by Crippen LogP contribution is -2.49. The number of carboxylic acid groups (broad SMARTS) is 2. The first-order chi connectivity index (χ1) is 17.7. The summed E-state index contributed by atoms with van der Waals surface area (Å²) in [5.41, 5.74) is 0. The van der Waals surface area contributed by atoms with Gasteiger partial charge in [0.2, 0.25) is 20.0 Å². The number of carbonyl (C=O) groups is 2. The third kappa shape index (κ3) is 13.2. The van der Waals surface area contributed by atoms with E-state index in [2.05, 4.69) is 20.1 Å². The number of hydrogen-bond donors (Lipinski definition) is 6. The van der Waals surface area contributed by atoms with Crippen LogP contribution < -0.4 is 20.1 Å². The van der Waals surface area contributed by atoms with E-state index in [1.807, 2.05) is 27.7 Å². The summed E-state index contributed by atoms with van der Waals surface area (Å²) < 4.78 is 53.5. The maximum Gasteiger partial charge on any atom is 0.321 e. The lowest BCUT2D eigenvalue weighted by molar-refractivity contribution is -0.140. The number of hydrogen-bond acceptors (Lipinski definition) is 8. The zero-order valence-corrected chi connectivity index (χ0v) is 24.7. The molecule has 224 valence electrons. The molecule has 4 atom stereocenters. The van der Waals surface area contributed by atoms with Crippen LogP contribution in [0.15, 0.2) is 0 Å². The second kappa shape index (κ2) is 16.7. The van der Waals surface area contributed by atoms with Crippen molar-refractivity contribution in [2.45, 2.75) is 115 Å². The summed E-state index contributed by atoms with van der Waals surface area (Å²) >= 11 is 0. The number of carboxylic acids is 2. The molecular formula is C24H48N4O8S2. The van der Waals surface area contributed by atoms with Crippen LogP contribution in [0.3, 0.4) is 0 Å². The molecule has 2 heterocycles. The Morgan fingerprint density at radius 2 is 1.03 bits per heavy atom. The first-order valence-electron chi connectivity index (χ1n) is 13.6. The maximum absolute atomic E-state index is 12.2. The van der Waals surface area contributed by atoms with Crippen LogP contribution in [0.4, 0.5) is 0 Å². The van der Waals surface area contributed by atoms with Gasteiger partial charge >= 0.3 is 11.9 Å². The summed E-state index contributed by atoms with van der Waals surface area (Å²) in [6, 6.07) is -2.09. The molecule has 6 N–H and O–H groups in total. The molecule has 14 heteroatoms. The van der Waals surface area contributed by atoms with Crippen LogP contribution in [0.5, 0.6) is 0 Å². The van der Waals surface area contributed by atoms with Crippen molar-refractivity contribution in [3.63, 3.8) is 0 Å². The number of aliphatic carboxylic acids is 2. The smallest absolute Gasteiger partial charge is 0.321 e. The minimum Gasteiger partial charge on any atom is -0.480 e. The van der Waals surface area contributed by atoms with Crippen molar-refractivity contribution in [1.29, 1.82) is 0 Å². The third-order valence-electron chi connectivity index (χ3n) is 6.40. The maximum atomic E-state index is 12.2. The first-order valence-corrected chi connectivity index (χ1v) is 16.7. The van der Waals surface area contributed by atoms with E-state index in [0.29, 0.717) is 38.8 Å². The van der Waals surface area contributed by atoms with Crippen molar-refractivity contribution in [1.82, 2.24) is 20.1 Å². The van der Waals surface area contributed by atoms with E-state index in [1.165, 1.54) is 0 Å². The van der Waals surface area contributed by atoms with Gasteiger partial charge < -0.3 is 20.8 Å². The Bertz CT molecular complexity index is 849. The van der Waals surface area contributed by atoms with Crippen molar-refractivity contribution in [2.75, 3.05) is 13.1 Å². The molecule has 2 aliphatic heterocycles. The quantitative estimate of drug-likeness (QED) is 0.197. The fourth-order valence-electron chi connectivity index (χ4n) is 4.43. The van der Waals surface area contributed by atoms with Crippen LogP contribution in [0.2, 0.25) is 0 Å². The van der Waals surface area contributed by atoms with Crippen LogP contribution in [-0.4, -0.2) is 74.9 Å². The molecule has 0 aromatic rings. The highest BCUT2D eigenvalue weighted by Gasteiger charge is 2.32. The van der Waals surface area contributed by atoms with Gasteiger partial charge in [-0.25, -0.2) is 16.8 Å². The topological polar surface area (TPSA) is 191 Å². The molecule has 38 heavy (non-hydrogen) atoms. The normalized spacial score (nSPS) is 23.0. The monoisotopic (exact) mass is 584 g/mol. The van der Waals surface area contributed by atoms with Gasteiger partial charge in [-0.1, -0.05) is 53.4 Å². The number of sulfonamides is 2.